The molecular weight excluding hydrogens is 264 g/mol. The van der Waals surface area contributed by atoms with E-state index in [2.05, 4.69) is 11.0 Å². The summed E-state index contributed by atoms with van der Waals surface area (Å²) in [4.78, 5) is 2.51. The molecule has 1 aliphatic rings. The van der Waals surface area contributed by atoms with Gasteiger partial charge in [0.15, 0.2) is 11.5 Å². The van der Waals surface area contributed by atoms with Crippen molar-refractivity contribution in [3.63, 3.8) is 0 Å². The number of rotatable bonds is 8. The second-order valence-electron chi connectivity index (χ2n) is 5.92. The van der Waals surface area contributed by atoms with Crippen LogP contribution in [0.1, 0.15) is 31.7 Å². The SMILES string of the molecule is COc1cc(CC(C)N)ccc1OCCCN1CCCC1. The normalized spacial score (nSPS) is 16.9. The van der Waals surface area contributed by atoms with Gasteiger partial charge in [0.05, 0.1) is 13.7 Å². The van der Waals surface area contributed by atoms with Crippen LogP contribution in [0.15, 0.2) is 18.2 Å². The number of benzene rings is 1. The second kappa shape index (κ2) is 8.25. The minimum Gasteiger partial charge on any atom is -0.493 e. The molecule has 0 bridgehead atoms. The molecule has 1 aromatic rings. The molecule has 118 valence electrons. The molecule has 1 heterocycles. The zero-order valence-corrected chi connectivity index (χ0v) is 13.3. The Labute approximate surface area is 128 Å². The van der Waals surface area contributed by atoms with Gasteiger partial charge in [0.1, 0.15) is 0 Å². The van der Waals surface area contributed by atoms with Crippen LogP contribution in [-0.4, -0.2) is 44.3 Å². The maximum atomic E-state index is 5.86. The first-order valence-electron chi connectivity index (χ1n) is 7.96. The van der Waals surface area contributed by atoms with Crippen LogP contribution >= 0.6 is 0 Å². The number of nitrogens with zero attached hydrogens (tertiary/aromatic N) is 1. The maximum absolute atomic E-state index is 5.86. The predicted molar refractivity (Wildman–Crippen MR) is 86.1 cm³/mol. The number of methoxy groups -OCH3 is 1. The Morgan fingerprint density at radius 2 is 2.00 bits per heavy atom. The Bertz CT molecular complexity index is 429. The molecule has 4 nitrogen and oxygen atoms in total. The molecule has 21 heavy (non-hydrogen) atoms. The van der Waals surface area contributed by atoms with Gasteiger partial charge < -0.3 is 20.1 Å². The van der Waals surface area contributed by atoms with Crippen molar-refractivity contribution in [2.45, 2.75) is 38.6 Å². The van der Waals surface area contributed by atoms with Crippen LogP contribution in [0.4, 0.5) is 0 Å². The summed E-state index contributed by atoms with van der Waals surface area (Å²) in [6.45, 7) is 6.37. The Hall–Kier alpha value is -1.26. The van der Waals surface area contributed by atoms with Crippen LogP contribution < -0.4 is 15.2 Å². The summed E-state index contributed by atoms with van der Waals surface area (Å²) in [6, 6.07) is 6.25. The minimum absolute atomic E-state index is 0.155. The third kappa shape index (κ3) is 5.21. The van der Waals surface area contributed by atoms with E-state index in [0.717, 1.165) is 37.5 Å². The van der Waals surface area contributed by atoms with Crippen molar-refractivity contribution in [3.05, 3.63) is 23.8 Å². The molecule has 4 heteroatoms. The van der Waals surface area contributed by atoms with Crippen LogP contribution in [0, 0.1) is 0 Å². The highest BCUT2D eigenvalue weighted by atomic mass is 16.5. The van der Waals surface area contributed by atoms with E-state index in [-0.39, 0.29) is 6.04 Å². The van der Waals surface area contributed by atoms with E-state index in [9.17, 15) is 0 Å². The first kappa shape index (κ1) is 16.1. The maximum Gasteiger partial charge on any atom is 0.161 e. The van der Waals surface area contributed by atoms with Crippen molar-refractivity contribution in [3.8, 4) is 11.5 Å². The molecule has 1 aromatic carbocycles. The first-order chi connectivity index (χ1) is 10.2. The van der Waals surface area contributed by atoms with E-state index < -0.39 is 0 Å². The Kier molecular flexibility index (Phi) is 6.33. The highest BCUT2D eigenvalue weighted by Crippen LogP contribution is 2.28. The lowest BCUT2D eigenvalue weighted by atomic mass is 10.1. The smallest absolute Gasteiger partial charge is 0.161 e. The summed E-state index contributed by atoms with van der Waals surface area (Å²) in [5, 5.41) is 0. The molecule has 1 atom stereocenters. The van der Waals surface area contributed by atoms with Gasteiger partial charge in [-0.15, -0.1) is 0 Å². The lowest BCUT2D eigenvalue weighted by Crippen LogP contribution is -2.22. The van der Waals surface area contributed by atoms with Crippen LogP contribution in [0.2, 0.25) is 0 Å². The van der Waals surface area contributed by atoms with Crippen molar-refractivity contribution in [2.75, 3.05) is 33.4 Å². The van der Waals surface area contributed by atoms with Gasteiger partial charge in [-0.3, -0.25) is 0 Å². The molecule has 2 rings (SSSR count). The largest absolute Gasteiger partial charge is 0.493 e. The van der Waals surface area contributed by atoms with E-state index in [1.54, 1.807) is 7.11 Å². The molecular formula is C17H28N2O2. The molecule has 0 spiro atoms. The third-order valence-corrected chi connectivity index (χ3v) is 3.86. The summed E-state index contributed by atoms with van der Waals surface area (Å²) < 4.78 is 11.3. The van der Waals surface area contributed by atoms with Gasteiger partial charge in [-0.25, -0.2) is 0 Å². The zero-order chi connectivity index (χ0) is 15.1. The van der Waals surface area contributed by atoms with Crippen molar-refractivity contribution >= 4 is 0 Å². The van der Waals surface area contributed by atoms with Crippen molar-refractivity contribution in [2.24, 2.45) is 5.73 Å². The van der Waals surface area contributed by atoms with Crippen LogP contribution in [0.3, 0.4) is 0 Å². The van der Waals surface area contributed by atoms with Gasteiger partial charge >= 0.3 is 0 Å². The van der Waals surface area contributed by atoms with Gasteiger partial charge in [-0.1, -0.05) is 6.07 Å². The molecule has 1 unspecified atom stereocenters. The van der Waals surface area contributed by atoms with E-state index in [4.69, 9.17) is 15.2 Å². The van der Waals surface area contributed by atoms with E-state index >= 15 is 0 Å². The lowest BCUT2D eigenvalue weighted by molar-refractivity contribution is 0.254. The minimum atomic E-state index is 0.155. The topological polar surface area (TPSA) is 47.7 Å². The summed E-state index contributed by atoms with van der Waals surface area (Å²) in [5.74, 6) is 1.63. The van der Waals surface area contributed by atoms with Crippen molar-refractivity contribution < 1.29 is 9.47 Å². The summed E-state index contributed by atoms with van der Waals surface area (Å²) in [6.07, 6.45) is 4.60. The van der Waals surface area contributed by atoms with Crippen LogP contribution in [0.5, 0.6) is 11.5 Å². The predicted octanol–water partition coefficient (Wildman–Crippen LogP) is 2.45. The van der Waals surface area contributed by atoms with E-state index in [1.165, 1.54) is 31.5 Å². The summed E-state index contributed by atoms with van der Waals surface area (Å²) >= 11 is 0. The van der Waals surface area contributed by atoms with Crippen molar-refractivity contribution in [1.82, 2.24) is 4.90 Å². The molecule has 0 amide bonds. The van der Waals surface area contributed by atoms with E-state index in [1.807, 2.05) is 19.1 Å². The highest BCUT2D eigenvalue weighted by molar-refractivity contribution is 5.43. The van der Waals surface area contributed by atoms with Crippen LogP contribution in [-0.2, 0) is 6.42 Å². The number of ether oxygens (including phenoxy) is 2. The quantitative estimate of drug-likeness (QED) is 0.748. The molecule has 0 aliphatic carbocycles. The number of likely N-dealkylation sites (tertiary alicyclic amines) is 1. The Morgan fingerprint density at radius 1 is 1.24 bits per heavy atom. The Morgan fingerprint density at radius 3 is 2.67 bits per heavy atom. The number of hydrogen-bond acceptors (Lipinski definition) is 4. The van der Waals surface area contributed by atoms with Gasteiger partial charge in [0, 0.05) is 12.6 Å². The average Bonchev–Trinajstić information content (AvgIpc) is 2.97. The number of hydrogen-bond donors (Lipinski definition) is 1. The lowest BCUT2D eigenvalue weighted by Gasteiger charge is -2.16. The second-order valence-corrected chi connectivity index (χ2v) is 5.92. The van der Waals surface area contributed by atoms with Crippen LogP contribution in [0.25, 0.3) is 0 Å². The molecule has 0 radical (unpaired) electrons. The Balaban J connectivity index is 1.81. The fourth-order valence-corrected chi connectivity index (χ4v) is 2.81. The molecule has 0 aromatic heterocycles. The molecule has 2 N–H and O–H groups in total. The zero-order valence-electron chi connectivity index (χ0n) is 13.3. The number of nitrogens with two attached hydrogens (primary N) is 1. The van der Waals surface area contributed by atoms with Gasteiger partial charge in [0.2, 0.25) is 0 Å². The van der Waals surface area contributed by atoms with Gasteiger partial charge in [-0.2, -0.15) is 0 Å². The van der Waals surface area contributed by atoms with Gasteiger partial charge in [-0.05, 0) is 63.4 Å². The van der Waals surface area contributed by atoms with Crippen molar-refractivity contribution in [1.29, 1.82) is 0 Å². The van der Waals surface area contributed by atoms with E-state index in [0.29, 0.717) is 0 Å². The molecule has 1 fully saturated rings. The summed E-state index contributed by atoms with van der Waals surface area (Å²) in [5.41, 5.74) is 7.02. The fourth-order valence-electron chi connectivity index (χ4n) is 2.81. The fraction of sp³-hybridized carbons (Fsp3) is 0.647. The standard InChI is InChI=1S/C17H28N2O2/c1-14(18)12-15-6-7-16(17(13-15)20-2)21-11-5-10-19-8-3-4-9-19/h6-7,13-14H,3-5,8-12,18H2,1-2H3. The highest BCUT2D eigenvalue weighted by Gasteiger charge is 2.11. The first-order valence-corrected chi connectivity index (χ1v) is 7.96. The molecule has 0 saturated carbocycles. The summed E-state index contributed by atoms with van der Waals surface area (Å²) in [7, 11) is 1.68. The molecule has 1 saturated heterocycles. The third-order valence-electron chi connectivity index (χ3n) is 3.86. The average molecular weight is 292 g/mol. The molecule has 1 aliphatic heterocycles. The van der Waals surface area contributed by atoms with Gasteiger partial charge in [0.25, 0.3) is 0 Å². The monoisotopic (exact) mass is 292 g/mol.